The van der Waals surface area contributed by atoms with Gasteiger partial charge in [0.15, 0.2) is 0 Å². The maximum Gasteiger partial charge on any atom is 0.232 e. The summed E-state index contributed by atoms with van der Waals surface area (Å²) in [4.78, 5) is 0. The van der Waals surface area contributed by atoms with E-state index in [1.165, 1.54) is 0 Å². The monoisotopic (exact) mass is 370 g/mol. The van der Waals surface area contributed by atoms with E-state index < -0.39 is 10.0 Å². The van der Waals surface area contributed by atoms with E-state index in [4.69, 9.17) is 9.84 Å². The van der Waals surface area contributed by atoms with E-state index in [0.717, 1.165) is 56.5 Å². The van der Waals surface area contributed by atoms with Crippen molar-refractivity contribution in [2.45, 2.75) is 51.6 Å². The average Bonchev–Trinajstić information content (AvgIpc) is 2.58. The minimum Gasteiger partial charge on any atom is -0.489 e. The smallest absolute Gasteiger partial charge is 0.232 e. The summed E-state index contributed by atoms with van der Waals surface area (Å²) in [5.74, 6) is 0.907. The van der Waals surface area contributed by atoms with Gasteiger partial charge in [0.25, 0.3) is 0 Å². The highest BCUT2D eigenvalue weighted by Crippen LogP contribution is 2.30. The third kappa shape index (κ3) is 6.84. The first kappa shape index (κ1) is 20.0. The van der Waals surface area contributed by atoms with Crippen molar-refractivity contribution in [3.63, 3.8) is 0 Å². The van der Waals surface area contributed by atoms with E-state index in [2.05, 4.69) is 17.0 Å². The molecular weight excluding hydrogens is 340 g/mol. The first-order chi connectivity index (χ1) is 12.0. The van der Waals surface area contributed by atoms with Crippen LogP contribution < -0.4 is 14.8 Å². The fourth-order valence-electron chi connectivity index (χ4n) is 2.87. The molecule has 0 bridgehead atoms. The van der Waals surface area contributed by atoms with E-state index in [9.17, 15) is 8.42 Å². The number of rotatable bonds is 11. The summed E-state index contributed by atoms with van der Waals surface area (Å²) in [5.41, 5.74) is 1.67. The zero-order valence-electron chi connectivity index (χ0n) is 15.0. The number of nitrogens with one attached hydrogen (secondary N) is 2. The summed E-state index contributed by atoms with van der Waals surface area (Å²) < 4.78 is 32.9. The van der Waals surface area contributed by atoms with Crippen LogP contribution in [0.5, 0.6) is 5.75 Å². The SMILES string of the molecule is CCCCCS(=O)(=O)Nc1ccc2c(c1)OC(CNCCCO)CC2. The van der Waals surface area contributed by atoms with Crippen LogP contribution in [0.25, 0.3) is 0 Å². The molecule has 6 nitrogen and oxygen atoms in total. The van der Waals surface area contributed by atoms with Crippen molar-refractivity contribution in [1.82, 2.24) is 5.32 Å². The van der Waals surface area contributed by atoms with Gasteiger partial charge in [0.2, 0.25) is 10.0 Å². The van der Waals surface area contributed by atoms with Crippen molar-refractivity contribution in [2.24, 2.45) is 0 Å². The maximum absolute atomic E-state index is 12.1. The second-order valence-corrected chi connectivity index (χ2v) is 8.35. The highest BCUT2D eigenvalue weighted by molar-refractivity contribution is 7.92. The summed E-state index contributed by atoms with van der Waals surface area (Å²) in [6.07, 6.45) is 5.24. The summed E-state index contributed by atoms with van der Waals surface area (Å²) in [6, 6.07) is 5.53. The number of aliphatic hydroxyl groups is 1. The van der Waals surface area contributed by atoms with E-state index >= 15 is 0 Å². The Hall–Kier alpha value is -1.31. The van der Waals surface area contributed by atoms with E-state index in [1.807, 2.05) is 6.07 Å². The number of ether oxygens (including phenoxy) is 1. The Morgan fingerprint density at radius 3 is 2.88 bits per heavy atom. The molecule has 1 aliphatic heterocycles. The first-order valence-electron chi connectivity index (χ1n) is 9.15. The molecule has 1 atom stereocenters. The summed E-state index contributed by atoms with van der Waals surface area (Å²) in [7, 11) is -3.31. The fraction of sp³-hybridized carbons (Fsp3) is 0.667. The van der Waals surface area contributed by atoms with Gasteiger partial charge in [-0.05, 0) is 43.9 Å². The lowest BCUT2D eigenvalue weighted by Gasteiger charge is -2.27. The van der Waals surface area contributed by atoms with Crippen LogP contribution in [-0.4, -0.2) is 45.1 Å². The number of benzene rings is 1. The van der Waals surface area contributed by atoms with E-state index in [-0.39, 0.29) is 18.5 Å². The van der Waals surface area contributed by atoms with Gasteiger partial charge < -0.3 is 15.2 Å². The predicted molar refractivity (Wildman–Crippen MR) is 101 cm³/mol. The number of aryl methyl sites for hydroxylation is 1. The van der Waals surface area contributed by atoms with Crippen molar-refractivity contribution in [3.05, 3.63) is 23.8 Å². The maximum atomic E-state index is 12.1. The molecule has 142 valence electrons. The fourth-order valence-corrected chi connectivity index (χ4v) is 4.05. The summed E-state index contributed by atoms with van der Waals surface area (Å²) >= 11 is 0. The van der Waals surface area contributed by atoms with Crippen LogP contribution in [-0.2, 0) is 16.4 Å². The molecule has 1 aromatic carbocycles. The van der Waals surface area contributed by atoms with Crippen LogP contribution in [0.15, 0.2) is 18.2 Å². The molecule has 7 heteroatoms. The van der Waals surface area contributed by atoms with Crippen LogP contribution in [0.1, 0.15) is 44.6 Å². The molecule has 0 amide bonds. The lowest BCUT2D eigenvalue weighted by molar-refractivity contribution is 0.169. The molecule has 1 unspecified atom stereocenters. The molecule has 1 aromatic rings. The Bertz CT molecular complexity index is 634. The van der Waals surface area contributed by atoms with Gasteiger partial charge in [0, 0.05) is 19.2 Å². The zero-order valence-corrected chi connectivity index (χ0v) is 15.8. The molecule has 2 rings (SSSR count). The molecule has 0 fully saturated rings. The van der Waals surface area contributed by atoms with Crippen LogP contribution in [0.3, 0.4) is 0 Å². The summed E-state index contributed by atoms with van der Waals surface area (Å²) in [6.45, 7) is 3.73. The minimum atomic E-state index is -3.31. The molecule has 25 heavy (non-hydrogen) atoms. The highest BCUT2D eigenvalue weighted by atomic mass is 32.2. The first-order valence-corrected chi connectivity index (χ1v) is 10.8. The van der Waals surface area contributed by atoms with E-state index in [1.54, 1.807) is 12.1 Å². The van der Waals surface area contributed by atoms with Crippen molar-refractivity contribution in [2.75, 3.05) is 30.2 Å². The molecule has 0 aromatic heterocycles. The molecule has 0 saturated carbocycles. The number of hydrogen-bond donors (Lipinski definition) is 3. The highest BCUT2D eigenvalue weighted by Gasteiger charge is 2.20. The molecule has 1 aliphatic rings. The molecular formula is C18H30N2O4S. The van der Waals surface area contributed by atoms with Crippen LogP contribution >= 0.6 is 0 Å². The average molecular weight is 371 g/mol. The topological polar surface area (TPSA) is 87.7 Å². The third-order valence-electron chi connectivity index (χ3n) is 4.27. The number of aliphatic hydroxyl groups excluding tert-OH is 1. The molecule has 3 N–H and O–H groups in total. The van der Waals surface area contributed by atoms with Gasteiger partial charge in [-0.15, -0.1) is 0 Å². The Labute approximate surface area is 151 Å². The van der Waals surface area contributed by atoms with Crippen LogP contribution in [0.2, 0.25) is 0 Å². The molecule has 0 radical (unpaired) electrons. The lowest BCUT2D eigenvalue weighted by Crippen LogP contribution is -2.34. The Morgan fingerprint density at radius 2 is 2.12 bits per heavy atom. The van der Waals surface area contributed by atoms with Gasteiger partial charge in [-0.3, -0.25) is 4.72 Å². The van der Waals surface area contributed by atoms with Gasteiger partial charge in [-0.1, -0.05) is 25.8 Å². The lowest BCUT2D eigenvalue weighted by atomic mass is 10.0. The normalized spacial score (nSPS) is 17.0. The van der Waals surface area contributed by atoms with E-state index in [0.29, 0.717) is 12.1 Å². The molecule has 0 saturated heterocycles. The van der Waals surface area contributed by atoms with Gasteiger partial charge in [0.05, 0.1) is 11.4 Å². The second-order valence-electron chi connectivity index (χ2n) is 6.51. The van der Waals surface area contributed by atoms with Crippen LogP contribution in [0, 0.1) is 0 Å². The summed E-state index contributed by atoms with van der Waals surface area (Å²) in [5, 5.41) is 12.1. The number of unbranched alkanes of at least 4 members (excludes halogenated alkanes) is 2. The van der Waals surface area contributed by atoms with Crippen molar-refractivity contribution >= 4 is 15.7 Å². The van der Waals surface area contributed by atoms with Crippen molar-refractivity contribution < 1.29 is 18.3 Å². The van der Waals surface area contributed by atoms with Gasteiger partial charge in [-0.2, -0.15) is 0 Å². The predicted octanol–water partition coefficient (Wildman–Crippen LogP) is 2.28. The number of sulfonamides is 1. The van der Waals surface area contributed by atoms with Gasteiger partial charge in [0.1, 0.15) is 11.9 Å². The quantitative estimate of drug-likeness (QED) is 0.520. The van der Waals surface area contributed by atoms with Gasteiger partial charge >= 0.3 is 0 Å². The Morgan fingerprint density at radius 1 is 1.28 bits per heavy atom. The third-order valence-corrected chi connectivity index (χ3v) is 5.64. The van der Waals surface area contributed by atoms with Crippen LogP contribution in [0.4, 0.5) is 5.69 Å². The number of anilines is 1. The molecule has 1 heterocycles. The number of hydrogen-bond acceptors (Lipinski definition) is 5. The second kappa shape index (κ2) is 9.99. The zero-order chi connectivity index (χ0) is 18.1. The van der Waals surface area contributed by atoms with Gasteiger partial charge in [-0.25, -0.2) is 8.42 Å². The largest absolute Gasteiger partial charge is 0.489 e. The van der Waals surface area contributed by atoms with Crippen molar-refractivity contribution in [3.8, 4) is 5.75 Å². The Kier molecular flexibility index (Phi) is 7.99. The Balaban J connectivity index is 1.92. The minimum absolute atomic E-state index is 0.0719. The standard InChI is InChI=1S/C18H30N2O4S/c1-2-3-4-12-25(22,23)20-16-8-6-15-7-9-17(24-18(15)13-16)14-19-10-5-11-21/h6,8,13,17,19-21H,2-5,7,9-12,14H2,1H3. The van der Waals surface area contributed by atoms with Crippen molar-refractivity contribution in [1.29, 1.82) is 0 Å². The number of fused-ring (bicyclic) bond motifs is 1. The molecule has 0 aliphatic carbocycles. The molecule has 0 spiro atoms.